The van der Waals surface area contributed by atoms with Crippen LogP contribution in [0.25, 0.3) is 0 Å². The Labute approximate surface area is 73.8 Å². The van der Waals surface area contributed by atoms with Crippen molar-refractivity contribution >= 4 is 11.8 Å². The normalized spacial score (nSPS) is 26.7. The van der Waals surface area contributed by atoms with Gasteiger partial charge in [0.1, 0.15) is 0 Å². The summed E-state index contributed by atoms with van der Waals surface area (Å²) >= 11 is 1.91. The van der Waals surface area contributed by atoms with Crippen molar-refractivity contribution in [2.24, 2.45) is 5.92 Å². The second kappa shape index (κ2) is 4.66. The molecule has 2 aliphatic rings. The Kier molecular flexibility index (Phi) is 3.78. The van der Waals surface area contributed by atoms with Gasteiger partial charge in [-0.15, -0.1) is 11.8 Å². The highest BCUT2D eigenvalue weighted by molar-refractivity contribution is 8.06. The molecule has 1 aliphatic carbocycles. The molecule has 0 saturated carbocycles. The van der Waals surface area contributed by atoms with E-state index in [0.29, 0.717) is 0 Å². The monoisotopic (exact) mass is 168 g/mol. The van der Waals surface area contributed by atoms with Gasteiger partial charge in [-0.3, -0.25) is 0 Å². The van der Waals surface area contributed by atoms with Gasteiger partial charge < -0.3 is 0 Å². The van der Waals surface area contributed by atoms with E-state index in [0.717, 1.165) is 5.92 Å². The van der Waals surface area contributed by atoms with Crippen molar-refractivity contribution in [3.8, 4) is 0 Å². The lowest BCUT2D eigenvalue weighted by Crippen LogP contribution is -1.98. The second-order valence-electron chi connectivity index (χ2n) is 2.59. The van der Waals surface area contributed by atoms with Gasteiger partial charge in [-0.1, -0.05) is 26.0 Å². The maximum absolute atomic E-state index is 2.39. The summed E-state index contributed by atoms with van der Waals surface area (Å²) in [5.41, 5.74) is 0. The van der Waals surface area contributed by atoms with E-state index in [2.05, 4.69) is 17.6 Å². The fourth-order valence-electron chi connectivity index (χ4n) is 1.41. The summed E-state index contributed by atoms with van der Waals surface area (Å²) < 4.78 is 0. The van der Waals surface area contributed by atoms with Crippen LogP contribution in [0.4, 0.5) is 0 Å². The van der Waals surface area contributed by atoms with Crippen molar-refractivity contribution in [1.29, 1.82) is 0 Å². The van der Waals surface area contributed by atoms with Crippen LogP contribution in [-0.2, 0) is 0 Å². The molecule has 0 aromatic heterocycles. The van der Waals surface area contributed by atoms with Crippen molar-refractivity contribution in [1.82, 2.24) is 0 Å². The quantitative estimate of drug-likeness (QED) is 0.527. The van der Waals surface area contributed by atoms with Crippen LogP contribution in [-0.4, -0.2) is 0 Å². The van der Waals surface area contributed by atoms with Crippen molar-refractivity contribution in [2.75, 3.05) is 0 Å². The summed E-state index contributed by atoms with van der Waals surface area (Å²) in [5, 5.41) is 2.22. The molecule has 0 aromatic carbocycles. The third kappa shape index (κ3) is 2.13. The summed E-state index contributed by atoms with van der Waals surface area (Å²) in [6.45, 7) is 4.00. The van der Waals surface area contributed by atoms with Gasteiger partial charge in [0.15, 0.2) is 0 Å². The minimum absolute atomic E-state index is 0.809. The van der Waals surface area contributed by atoms with Gasteiger partial charge in [-0.05, 0) is 29.6 Å². The van der Waals surface area contributed by atoms with Crippen LogP contribution in [0, 0.1) is 5.92 Å². The Morgan fingerprint density at radius 3 is 3.00 bits per heavy atom. The molecule has 1 aliphatic heterocycles. The first-order valence-electron chi connectivity index (χ1n) is 4.50. The number of rotatable bonds is 0. The molecule has 2 rings (SSSR count). The van der Waals surface area contributed by atoms with Crippen molar-refractivity contribution in [3.05, 3.63) is 22.5 Å². The molecule has 0 aromatic rings. The van der Waals surface area contributed by atoms with E-state index in [4.69, 9.17) is 0 Å². The first-order chi connectivity index (χ1) is 5.47. The number of hydrogen-bond donors (Lipinski definition) is 0. The third-order valence-electron chi connectivity index (χ3n) is 1.95. The van der Waals surface area contributed by atoms with Gasteiger partial charge in [0.05, 0.1) is 0 Å². The summed E-state index contributed by atoms with van der Waals surface area (Å²) in [5.74, 6) is 0.809. The molecule has 0 spiro atoms. The molecular formula is C10H16S. The van der Waals surface area contributed by atoms with E-state index in [1.807, 2.05) is 25.6 Å². The molecule has 1 unspecified atom stereocenters. The van der Waals surface area contributed by atoms with Gasteiger partial charge in [0.25, 0.3) is 0 Å². The summed E-state index contributed by atoms with van der Waals surface area (Å²) in [7, 11) is 0. The molecule has 1 atom stereocenters. The molecule has 1 heteroatoms. The highest BCUT2D eigenvalue weighted by Gasteiger charge is 2.17. The summed E-state index contributed by atoms with van der Waals surface area (Å²) in [6, 6.07) is 0. The molecule has 62 valence electrons. The second-order valence-corrected chi connectivity index (χ2v) is 3.57. The highest BCUT2D eigenvalue weighted by atomic mass is 32.2. The predicted octanol–water partition coefficient (Wildman–Crippen LogP) is 3.96. The van der Waals surface area contributed by atoms with E-state index < -0.39 is 0 Å². The maximum Gasteiger partial charge on any atom is 0.00864 e. The molecule has 11 heavy (non-hydrogen) atoms. The fraction of sp³-hybridized carbons (Fsp3) is 0.600. The lowest BCUT2D eigenvalue weighted by molar-refractivity contribution is 0.627. The number of fused-ring (bicyclic) bond motifs is 1. The molecular weight excluding hydrogens is 152 g/mol. The Hall–Kier alpha value is -0.170. The van der Waals surface area contributed by atoms with Crippen LogP contribution in [0.1, 0.15) is 33.1 Å². The molecule has 0 radical (unpaired) electrons. The number of allylic oxidation sites excluding steroid dienone is 3. The zero-order chi connectivity index (χ0) is 8.10. The van der Waals surface area contributed by atoms with Crippen LogP contribution in [0.3, 0.4) is 0 Å². The Morgan fingerprint density at radius 2 is 2.27 bits per heavy atom. The lowest BCUT2D eigenvalue weighted by Gasteiger charge is -2.14. The third-order valence-corrected chi connectivity index (χ3v) is 2.98. The van der Waals surface area contributed by atoms with Gasteiger partial charge >= 0.3 is 0 Å². The smallest absolute Gasteiger partial charge is 0.00864 e. The first kappa shape index (κ1) is 8.92. The Balaban J connectivity index is 0.000000281. The first-order valence-corrected chi connectivity index (χ1v) is 5.38. The van der Waals surface area contributed by atoms with Gasteiger partial charge in [-0.25, -0.2) is 0 Å². The molecule has 1 heterocycles. The minimum Gasteiger partial charge on any atom is -0.103 e. The minimum atomic E-state index is 0.809. The van der Waals surface area contributed by atoms with E-state index in [1.54, 1.807) is 4.91 Å². The number of hydrogen-bond acceptors (Lipinski definition) is 1. The average molecular weight is 168 g/mol. The molecule has 0 bridgehead atoms. The molecule has 0 fully saturated rings. The maximum atomic E-state index is 2.39. The Bertz CT molecular complexity index is 168. The predicted molar refractivity (Wildman–Crippen MR) is 53.5 cm³/mol. The average Bonchev–Trinajstić information content (AvgIpc) is 2.55. The van der Waals surface area contributed by atoms with Gasteiger partial charge in [-0.2, -0.15) is 0 Å². The van der Waals surface area contributed by atoms with Crippen LogP contribution in [0.5, 0.6) is 0 Å². The lowest BCUT2D eigenvalue weighted by atomic mass is 9.96. The molecule has 0 nitrogen and oxygen atoms in total. The molecule has 0 N–H and O–H groups in total. The Morgan fingerprint density at radius 1 is 1.45 bits per heavy atom. The van der Waals surface area contributed by atoms with Gasteiger partial charge in [0.2, 0.25) is 0 Å². The molecule has 0 amide bonds. The zero-order valence-corrected chi connectivity index (χ0v) is 8.16. The van der Waals surface area contributed by atoms with E-state index in [1.165, 1.54) is 19.3 Å². The van der Waals surface area contributed by atoms with Gasteiger partial charge in [0, 0.05) is 5.92 Å². The van der Waals surface area contributed by atoms with E-state index in [9.17, 15) is 0 Å². The van der Waals surface area contributed by atoms with E-state index in [-0.39, 0.29) is 0 Å². The fourth-order valence-corrected chi connectivity index (χ4v) is 2.43. The summed E-state index contributed by atoms with van der Waals surface area (Å²) in [6.07, 6.45) is 8.80. The van der Waals surface area contributed by atoms with Crippen LogP contribution in [0.2, 0.25) is 0 Å². The van der Waals surface area contributed by atoms with Crippen LogP contribution < -0.4 is 0 Å². The summed E-state index contributed by atoms with van der Waals surface area (Å²) in [4.78, 5) is 1.60. The van der Waals surface area contributed by atoms with Crippen LogP contribution >= 0.6 is 11.8 Å². The van der Waals surface area contributed by atoms with Crippen molar-refractivity contribution < 1.29 is 0 Å². The van der Waals surface area contributed by atoms with E-state index >= 15 is 0 Å². The zero-order valence-electron chi connectivity index (χ0n) is 7.34. The van der Waals surface area contributed by atoms with Crippen molar-refractivity contribution in [2.45, 2.75) is 33.1 Å². The standard InChI is InChI=1S/C8H10S.C2H6/c1-2-4-8-7(3-1)5-6-9-8;1-2/h4-7H,1-3H2;1-2H3. The topological polar surface area (TPSA) is 0 Å². The highest BCUT2D eigenvalue weighted by Crippen LogP contribution is 2.39. The van der Waals surface area contributed by atoms with Crippen molar-refractivity contribution in [3.63, 3.8) is 0 Å². The SMILES string of the molecule is C1=CC2CCCC=C2S1.CC. The molecule has 0 saturated heterocycles. The van der Waals surface area contributed by atoms with Crippen LogP contribution in [0.15, 0.2) is 22.5 Å². The number of thioether (sulfide) groups is 1. The largest absolute Gasteiger partial charge is 0.103 e.